The second-order valence-electron chi connectivity index (χ2n) is 5.87. The van der Waals surface area contributed by atoms with Crippen LogP contribution in [0.5, 0.6) is 0 Å². The minimum absolute atomic E-state index is 0.00295. The molecule has 1 N–H and O–H groups in total. The molecule has 0 radical (unpaired) electrons. The lowest BCUT2D eigenvalue weighted by molar-refractivity contribution is -0.388. The normalized spacial score (nSPS) is 12.5. The lowest BCUT2D eigenvalue weighted by atomic mass is 10.2. The number of carbonyl (C=O) groups excluding carboxylic acids is 1. The van der Waals surface area contributed by atoms with E-state index in [0.717, 1.165) is 23.9 Å². The second-order valence-corrected chi connectivity index (χ2v) is 6.95. The van der Waals surface area contributed by atoms with Crippen LogP contribution in [0.1, 0.15) is 22.8 Å². The van der Waals surface area contributed by atoms with Crippen molar-refractivity contribution in [2.24, 2.45) is 0 Å². The van der Waals surface area contributed by atoms with Gasteiger partial charge in [-0.3, -0.25) is 14.9 Å². The first-order chi connectivity index (χ1) is 13.1. The van der Waals surface area contributed by atoms with E-state index in [9.17, 15) is 28.1 Å². The summed E-state index contributed by atoms with van der Waals surface area (Å²) in [5.41, 5.74) is -1.53. The molecule has 0 saturated carbocycles. The number of halogens is 3. The smallest absolute Gasteiger partial charge is 0.383 e. The van der Waals surface area contributed by atoms with Gasteiger partial charge in [0.2, 0.25) is 0 Å². The van der Waals surface area contributed by atoms with Crippen LogP contribution in [-0.4, -0.2) is 30.6 Å². The van der Waals surface area contributed by atoms with Crippen molar-refractivity contribution in [1.82, 2.24) is 5.32 Å². The zero-order valence-corrected chi connectivity index (χ0v) is 15.8. The maximum absolute atomic E-state index is 12.9. The molecule has 28 heavy (non-hydrogen) atoms. The Morgan fingerprint density at radius 2 is 1.93 bits per heavy atom. The molecule has 0 aromatic heterocycles. The van der Waals surface area contributed by atoms with E-state index in [-0.39, 0.29) is 16.5 Å². The van der Waals surface area contributed by atoms with Gasteiger partial charge in [0.05, 0.1) is 27.6 Å². The van der Waals surface area contributed by atoms with Crippen LogP contribution in [-0.2, 0) is 10.9 Å². The van der Waals surface area contributed by atoms with E-state index in [2.05, 4.69) is 5.32 Å². The Hall–Kier alpha value is -2.59. The summed E-state index contributed by atoms with van der Waals surface area (Å²) in [6.07, 6.45) is -4.69. The number of amides is 1. The van der Waals surface area contributed by atoms with Gasteiger partial charge in [0.15, 0.2) is 0 Å². The van der Waals surface area contributed by atoms with E-state index < -0.39 is 28.3 Å². The first-order valence-corrected chi connectivity index (χ1v) is 8.87. The maximum Gasteiger partial charge on any atom is 0.416 e. The molecular weight excluding hydrogens is 397 g/mol. The van der Waals surface area contributed by atoms with E-state index in [1.54, 1.807) is 25.1 Å². The van der Waals surface area contributed by atoms with Crippen LogP contribution in [0.4, 0.5) is 18.9 Å². The highest BCUT2D eigenvalue weighted by atomic mass is 32.2. The fraction of sp³-hybridized carbons (Fsp3) is 0.278. The summed E-state index contributed by atoms with van der Waals surface area (Å²) in [7, 11) is 1.50. The molecule has 0 saturated heterocycles. The van der Waals surface area contributed by atoms with Crippen molar-refractivity contribution in [3.05, 3.63) is 63.7 Å². The number of nitrogens with one attached hydrogen (secondary N) is 1. The van der Waals surface area contributed by atoms with Crippen molar-refractivity contribution >= 4 is 23.4 Å². The van der Waals surface area contributed by atoms with Crippen molar-refractivity contribution in [2.75, 3.05) is 13.7 Å². The largest absolute Gasteiger partial charge is 0.416 e. The van der Waals surface area contributed by atoms with Gasteiger partial charge >= 0.3 is 6.18 Å². The monoisotopic (exact) mass is 414 g/mol. The Labute approximate surface area is 163 Å². The summed E-state index contributed by atoms with van der Waals surface area (Å²) in [6, 6.07) is 8.40. The SMILES string of the molecule is COC[C@H](C)NC(=O)c1ccccc1Sc1ccc(C(F)(F)F)cc1[N+](=O)[O-]. The highest BCUT2D eigenvalue weighted by molar-refractivity contribution is 7.99. The van der Waals surface area contributed by atoms with Gasteiger partial charge in [-0.05, 0) is 31.2 Å². The zero-order valence-electron chi connectivity index (χ0n) is 14.9. The number of methoxy groups -OCH3 is 1. The Morgan fingerprint density at radius 1 is 1.25 bits per heavy atom. The Balaban J connectivity index is 2.36. The van der Waals surface area contributed by atoms with Gasteiger partial charge < -0.3 is 10.1 Å². The van der Waals surface area contributed by atoms with Crippen molar-refractivity contribution < 1.29 is 27.6 Å². The number of hydrogen-bond donors (Lipinski definition) is 1. The minimum atomic E-state index is -4.69. The first kappa shape index (κ1) is 21.7. The summed E-state index contributed by atoms with van der Waals surface area (Å²) in [4.78, 5) is 23.3. The van der Waals surface area contributed by atoms with E-state index in [1.807, 2.05) is 0 Å². The predicted octanol–water partition coefficient (Wildman–Crippen LogP) is 4.53. The lowest BCUT2D eigenvalue weighted by Crippen LogP contribution is -2.35. The van der Waals surface area contributed by atoms with Gasteiger partial charge in [-0.15, -0.1) is 0 Å². The van der Waals surface area contributed by atoms with Crippen LogP contribution in [0, 0.1) is 10.1 Å². The summed E-state index contributed by atoms with van der Waals surface area (Å²) in [5.74, 6) is -0.415. The summed E-state index contributed by atoms with van der Waals surface area (Å²) in [6.45, 7) is 2.04. The molecule has 0 unspecified atom stereocenters. The predicted molar refractivity (Wildman–Crippen MR) is 97.5 cm³/mol. The average molecular weight is 414 g/mol. The number of ether oxygens (including phenoxy) is 1. The molecule has 0 aliphatic rings. The van der Waals surface area contributed by atoms with Crippen LogP contribution in [0.3, 0.4) is 0 Å². The summed E-state index contributed by atoms with van der Waals surface area (Å²) in [5, 5.41) is 14.0. The van der Waals surface area contributed by atoms with Crippen LogP contribution >= 0.6 is 11.8 Å². The van der Waals surface area contributed by atoms with Crippen molar-refractivity contribution in [2.45, 2.75) is 28.9 Å². The fourth-order valence-corrected chi connectivity index (χ4v) is 3.41. The van der Waals surface area contributed by atoms with Crippen LogP contribution < -0.4 is 5.32 Å². The average Bonchev–Trinajstić information content (AvgIpc) is 2.61. The van der Waals surface area contributed by atoms with E-state index in [4.69, 9.17) is 4.74 Å². The number of rotatable bonds is 7. The zero-order chi connectivity index (χ0) is 20.9. The second kappa shape index (κ2) is 9.07. The molecule has 2 rings (SSSR count). The third-order valence-electron chi connectivity index (χ3n) is 3.63. The van der Waals surface area contributed by atoms with Crippen LogP contribution in [0.15, 0.2) is 52.3 Å². The van der Waals surface area contributed by atoms with Gasteiger partial charge in [0.1, 0.15) is 0 Å². The van der Waals surface area contributed by atoms with Gasteiger partial charge in [0.25, 0.3) is 11.6 Å². The lowest BCUT2D eigenvalue weighted by Gasteiger charge is -2.15. The molecule has 0 fully saturated rings. The third-order valence-corrected chi connectivity index (χ3v) is 4.77. The van der Waals surface area contributed by atoms with E-state index in [0.29, 0.717) is 17.6 Å². The van der Waals surface area contributed by atoms with Crippen LogP contribution in [0.25, 0.3) is 0 Å². The molecule has 0 spiro atoms. The molecule has 2 aromatic carbocycles. The summed E-state index contributed by atoms with van der Waals surface area (Å²) >= 11 is 0.856. The Kier molecular flexibility index (Phi) is 7.03. The number of benzene rings is 2. The fourth-order valence-electron chi connectivity index (χ4n) is 2.38. The number of nitro groups is 1. The molecule has 1 atom stereocenters. The minimum Gasteiger partial charge on any atom is -0.383 e. The number of hydrogen-bond acceptors (Lipinski definition) is 5. The Morgan fingerprint density at radius 3 is 2.54 bits per heavy atom. The van der Waals surface area contributed by atoms with Gasteiger partial charge in [-0.2, -0.15) is 13.2 Å². The number of alkyl halides is 3. The molecule has 0 bridgehead atoms. The third kappa shape index (κ3) is 5.46. The molecule has 1 amide bonds. The highest BCUT2D eigenvalue weighted by Gasteiger charge is 2.33. The maximum atomic E-state index is 12.9. The number of nitrogens with zero attached hydrogens (tertiary/aromatic N) is 1. The summed E-state index contributed by atoms with van der Waals surface area (Å²) < 4.78 is 43.5. The van der Waals surface area contributed by atoms with Gasteiger partial charge in [0, 0.05) is 24.1 Å². The quantitative estimate of drug-likeness (QED) is 0.532. The Bertz CT molecular complexity index is 874. The topological polar surface area (TPSA) is 81.5 Å². The van der Waals surface area contributed by atoms with Crippen molar-refractivity contribution in [1.29, 1.82) is 0 Å². The van der Waals surface area contributed by atoms with E-state index >= 15 is 0 Å². The van der Waals surface area contributed by atoms with Crippen LogP contribution in [0.2, 0.25) is 0 Å². The molecule has 0 aliphatic heterocycles. The molecule has 6 nitrogen and oxygen atoms in total. The standard InChI is InChI=1S/C18H17F3N2O4S/c1-11(10-27-2)22-17(24)13-5-3-4-6-15(13)28-16-8-7-12(18(19,20)21)9-14(16)23(25)26/h3-9,11H,10H2,1-2H3,(H,22,24)/t11-/m0/s1. The van der Waals surface area contributed by atoms with Crippen molar-refractivity contribution in [3.63, 3.8) is 0 Å². The first-order valence-electron chi connectivity index (χ1n) is 8.05. The molecule has 2 aromatic rings. The van der Waals surface area contributed by atoms with Crippen molar-refractivity contribution in [3.8, 4) is 0 Å². The molecule has 0 aliphatic carbocycles. The van der Waals surface area contributed by atoms with Gasteiger partial charge in [-0.1, -0.05) is 23.9 Å². The molecular formula is C18H17F3N2O4S. The molecule has 0 heterocycles. The molecule has 150 valence electrons. The number of nitro benzene ring substituents is 1. The van der Waals surface area contributed by atoms with E-state index in [1.165, 1.54) is 13.2 Å². The number of carbonyl (C=O) groups is 1. The van der Waals surface area contributed by atoms with Gasteiger partial charge in [-0.25, -0.2) is 0 Å². The highest BCUT2D eigenvalue weighted by Crippen LogP contribution is 2.40. The molecule has 10 heteroatoms.